The van der Waals surface area contributed by atoms with E-state index < -0.39 is 11.7 Å². The molecule has 15 heavy (non-hydrogen) atoms. The Hall–Kier alpha value is -0.810. The molecule has 0 spiro atoms. The van der Waals surface area contributed by atoms with Crippen LogP contribution in [-0.4, -0.2) is 11.5 Å². The van der Waals surface area contributed by atoms with Gasteiger partial charge in [0.25, 0.3) is 0 Å². The summed E-state index contributed by atoms with van der Waals surface area (Å²) >= 11 is 5.63. The van der Waals surface area contributed by atoms with Gasteiger partial charge < -0.3 is 5.73 Å². The summed E-state index contributed by atoms with van der Waals surface area (Å²) < 4.78 is 37.2. The molecule has 1 aromatic rings. The zero-order chi connectivity index (χ0) is 11.5. The molecule has 1 heterocycles. The molecule has 0 saturated heterocycles. The molecule has 0 fully saturated rings. The SMILES string of the molecule is NCCCc1cncc(C(F)(F)F)c1Cl. The van der Waals surface area contributed by atoms with Crippen LogP contribution in [0.3, 0.4) is 0 Å². The molecular formula is C9H10ClF3N2. The van der Waals surface area contributed by atoms with Gasteiger partial charge in [0.1, 0.15) is 0 Å². The van der Waals surface area contributed by atoms with Gasteiger partial charge >= 0.3 is 6.18 Å². The van der Waals surface area contributed by atoms with E-state index in [2.05, 4.69) is 4.98 Å². The van der Waals surface area contributed by atoms with E-state index in [1.54, 1.807) is 0 Å². The van der Waals surface area contributed by atoms with E-state index in [1.165, 1.54) is 6.20 Å². The zero-order valence-corrected chi connectivity index (χ0v) is 8.57. The van der Waals surface area contributed by atoms with Crippen LogP contribution in [0.4, 0.5) is 13.2 Å². The van der Waals surface area contributed by atoms with Gasteiger partial charge in [-0.3, -0.25) is 4.98 Å². The van der Waals surface area contributed by atoms with Gasteiger partial charge in [-0.05, 0) is 24.9 Å². The predicted molar refractivity (Wildman–Crippen MR) is 51.6 cm³/mol. The summed E-state index contributed by atoms with van der Waals surface area (Å²) in [5, 5.41) is -0.272. The molecule has 0 amide bonds. The van der Waals surface area contributed by atoms with E-state index in [4.69, 9.17) is 17.3 Å². The number of rotatable bonds is 3. The van der Waals surface area contributed by atoms with Gasteiger partial charge in [-0.1, -0.05) is 11.6 Å². The molecule has 0 saturated carbocycles. The summed E-state index contributed by atoms with van der Waals surface area (Å²) in [5.41, 5.74) is 4.76. The van der Waals surface area contributed by atoms with E-state index >= 15 is 0 Å². The Balaban J connectivity index is 3.01. The Morgan fingerprint density at radius 3 is 2.53 bits per heavy atom. The van der Waals surface area contributed by atoms with Crippen molar-refractivity contribution in [1.29, 1.82) is 0 Å². The summed E-state index contributed by atoms with van der Waals surface area (Å²) in [6, 6.07) is 0. The largest absolute Gasteiger partial charge is 0.419 e. The van der Waals surface area contributed by atoms with Gasteiger partial charge in [0.2, 0.25) is 0 Å². The number of hydrogen-bond donors (Lipinski definition) is 1. The molecule has 0 bridgehead atoms. The van der Waals surface area contributed by atoms with Crippen molar-refractivity contribution in [1.82, 2.24) is 4.98 Å². The Morgan fingerprint density at radius 1 is 1.33 bits per heavy atom. The molecule has 1 rings (SSSR count). The highest BCUT2D eigenvalue weighted by Gasteiger charge is 2.34. The van der Waals surface area contributed by atoms with Crippen molar-refractivity contribution in [3.8, 4) is 0 Å². The number of aromatic nitrogens is 1. The molecule has 2 N–H and O–H groups in total. The van der Waals surface area contributed by atoms with Crippen LogP contribution in [0.1, 0.15) is 17.5 Å². The second-order valence-corrected chi connectivity index (χ2v) is 3.43. The topological polar surface area (TPSA) is 38.9 Å². The molecule has 0 atom stereocenters. The Morgan fingerprint density at radius 2 is 2.00 bits per heavy atom. The summed E-state index contributed by atoms with van der Waals surface area (Å²) in [7, 11) is 0. The molecule has 0 aliphatic rings. The number of halogens is 4. The minimum Gasteiger partial charge on any atom is -0.330 e. The molecule has 1 aromatic heterocycles. The van der Waals surface area contributed by atoms with Crippen molar-refractivity contribution in [2.75, 3.05) is 6.54 Å². The minimum atomic E-state index is -4.46. The molecule has 2 nitrogen and oxygen atoms in total. The lowest BCUT2D eigenvalue weighted by Gasteiger charge is -2.11. The molecule has 0 unspecified atom stereocenters. The first-order valence-electron chi connectivity index (χ1n) is 4.36. The van der Waals surface area contributed by atoms with Gasteiger partial charge in [0.15, 0.2) is 0 Å². The molecule has 0 aliphatic carbocycles. The maximum absolute atomic E-state index is 12.4. The number of pyridine rings is 1. The second kappa shape index (κ2) is 4.81. The first-order chi connectivity index (χ1) is 6.96. The highest BCUT2D eigenvalue weighted by molar-refractivity contribution is 6.32. The van der Waals surface area contributed by atoms with Crippen LogP contribution in [-0.2, 0) is 12.6 Å². The number of hydrogen-bond acceptors (Lipinski definition) is 2. The van der Waals surface area contributed by atoms with Crippen LogP contribution in [0, 0.1) is 0 Å². The molecule has 0 aromatic carbocycles. The number of nitrogens with two attached hydrogens (primary N) is 1. The standard InChI is InChI=1S/C9H10ClF3N2/c10-8-6(2-1-3-14)4-15-5-7(8)9(11,12)13/h4-5H,1-3,14H2. The van der Waals surface area contributed by atoms with E-state index in [9.17, 15) is 13.2 Å². The van der Waals surface area contributed by atoms with Crippen LogP contribution < -0.4 is 5.73 Å². The molecule has 0 aliphatic heterocycles. The van der Waals surface area contributed by atoms with Gasteiger partial charge in [-0.2, -0.15) is 13.2 Å². The van der Waals surface area contributed by atoms with Crippen molar-refractivity contribution in [2.45, 2.75) is 19.0 Å². The quantitative estimate of drug-likeness (QED) is 0.879. The zero-order valence-electron chi connectivity index (χ0n) is 7.81. The smallest absolute Gasteiger partial charge is 0.330 e. The van der Waals surface area contributed by atoms with Crippen molar-refractivity contribution >= 4 is 11.6 Å². The van der Waals surface area contributed by atoms with Crippen LogP contribution in [0.15, 0.2) is 12.4 Å². The Labute approximate surface area is 90.3 Å². The summed E-state index contributed by atoms with van der Waals surface area (Å²) in [5.74, 6) is 0. The lowest BCUT2D eigenvalue weighted by Crippen LogP contribution is -2.09. The van der Waals surface area contributed by atoms with Crippen LogP contribution in [0.25, 0.3) is 0 Å². The summed E-state index contributed by atoms with van der Waals surface area (Å²) in [6.07, 6.45) is -1.39. The molecule has 84 valence electrons. The monoisotopic (exact) mass is 238 g/mol. The lowest BCUT2D eigenvalue weighted by molar-refractivity contribution is -0.137. The van der Waals surface area contributed by atoms with E-state index in [0.717, 1.165) is 6.20 Å². The molecule has 6 heteroatoms. The second-order valence-electron chi connectivity index (χ2n) is 3.05. The lowest BCUT2D eigenvalue weighted by atomic mass is 10.1. The van der Waals surface area contributed by atoms with Gasteiger partial charge in [0, 0.05) is 12.4 Å². The van der Waals surface area contributed by atoms with Crippen LogP contribution in [0.2, 0.25) is 5.02 Å². The van der Waals surface area contributed by atoms with Crippen molar-refractivity contribution in [2.24, 2.45) is 5.73 Å². The van der Waals surface area contributed by atoms with E-state index in [1.807, 2.05) is 0 Å². The number of nitrogens with zero attached hydrogens (tertiary/aromatic N) is 1. The Bertz CT molecular complexity index is 339. The summed E-state index contributed by atoms with van der Waals surface area (Å²) in [4.78, 5) is 3.52. The number of aryl methyl sites for hydroxylation is 1. The fourth-order valence-corrected chi connectivity index (χ4v) is 1.45. The fraction of sp³-hybridized carbons (Fsp3) is 0.444. The van der Waals surface area contributed by atoms with E-state index in [-0.39, 0.29) is 5.02 Å². The average molecular weight is 239 g/mol. The number of alkyl halides is 3. The third-order valence-electron chi connectivity index (χ3n) is 1.91. The average Bonchev–Trinajstić information content (AvgIpc) is 2.14. The van der Waals surface area contributed by atoms with E-state index in [0.29, 0.717) is 24.9 Å². The third kappa shape index (κ3) is 3.07. The fourth-order valence-electron chi connectivity index (χ4n) is 1.15. The predicted octanol–water partition coefficient (Wildman–Crippen LogP) is 2.65. The van der Waals surface area contributed by atoms with Crippen LogP contribution in [0.5, 0.6) is 0 Å². The van der Waals surface area contributed by atoms with Crippen molar-refractivity contribution < 1.29 is 13.2 Å². The van der Waals surface area contributed by atoms with Crippen molar-refractivity contribution in [3.63, 3.8) is 0 Å². The maximum Gasteiger partial charge on any atom is 0.419 e. The highest BCUT2D eigenvalue weighted by atomic mass is 35.5. The van der Waals surface area contributed by atoms with Crippen molar-refractivity contribution in [3.05, 3.63) is 28.5 Å². The van der Waals surface area contributed by atoms with Gasteiger partial charge in [-0.25, -0.2) is 0 Å². The maximum atomic E-state index is 12.4. The molecule has 0 radical (unpaired) electrons. The highest BCUT2D eigenvalue weighted by Crippen LogP contribution is 2.35. The first kappa shape index (κ1) is 12.3. The van der Waals surface area contributed by atoms with Crippen LogP contribution >= 0.6 is 11.6 Å². The normalized spacial score (nSPS) is 11.8. The molecular weight excluding hydrogens is 229 g/mol. The van der Waals surface area contributed by atoms with Gasteiger partial charge in [0.05, 0.1) is 10.6 Å². The summed E-state index contributed by atoms with van der Waals surface area (Å²) in [6.45, 7) is 0.409. The van der Waals surface area contributed by atoms with Gasteiger partial charge in [-0.15, -0.1) is 0 Å². The Kier molecular flexibility index (Phi) is 3.93. The third-order valence-corrected chi connectivity index (χ3v) is 2.35. The minimum absolute atomic E-state index is 0.272. The first-order valence-corrected chi connectivity index (χ1v) is 4.74.